The van der Waals surface area contributed by atoms with Gasteiger partial charge in [0.1, 0.15) is 11.5 Å². The molecule has 0 bridgehead atoms. The Hall–Kier alpha value is -3.28. The number of aliphatic hydroxyl groups is 1. The lowest BCUT2D eigenvalue weighted by molar-refractivity contribution is -0.132. The van der Waals surface area contributed by atoms with Crippen molar-refractivity contribution in [2.45, 2.75) is 26.8 Å². The quantitative estimate of drug-likeness (QED) is 0.253. The molecule has 0 radical (unpaired) electrons. The lowest BCUT2D eigenvalue weighted by Gasteiger charge is -2.27. The summed E-state index contributed by atoms with van der Waals surface area (Å²) < 4.78 is 5.54. The van der Waals surface area contributed by atoms with Gasteiger partial charge in [-0.2, -0.15) is 0 Å². The predicted molar refractivity (Wildman–Crippen MR) is 135 cm³/mol. The zero-order valence-electron chi connectivity index (χ0n) is 19.1. The highest BCUT2D eigenvalue weighted by molar-refractivity contribution is 6.52. The molecule has 1 unspecified atom stereocenters. The van der Waals surface area contributed by atoms with Crippen molar-refractivity contribution in [1.82, 2.24) is 0 Å². The number of aliphatic hydroxyl groups excluding tert-OH is 1. The van der Waals surface area contributed by atoms with Crippen molar-refractivity contribution in [3.63, 3.8) is 0 Å². The van der Waals surface area contributed by atoms with Crippen LogP contribution in [0.3, 0.4) is 0 Å². The maximum atomic E-state index is 13.4. The Labute approximate surface area is 208 Å². The zero-order valence-corrected chi connectivity index (χ0v) is 20.7. The molecule has 7 heteroatoms. The van der Waals surface area contributed by atoms with Gasteiger partial charge in [0, 0.05) is 5.69 Å². The molecule has 1 aliphatic heterocycles. The van der Waals surface area contributed by atoms with Crippen LogP contribution in [0.1, 0.15) is 33.9 Å². The molecule has 1 fully saturated rings. The Morgan fingerprint density at radius 2 is 1.65 bits per heavy atom. The van der Waals surface area contributed by atoms with Gasteiger partial charge in [0.25, 0.3) is 11.7 Å². The van der Waals surface area contributed by atoms with E-state index >= 15 is 0 Å². The van der Waals surface area contributed by atoms with E-state index in [1.807, 2.05) is 51.1 Å². The number of ketones is 1. The second kappa shape index (κ2) is 9.16. The van der Waals surface area contributed by atoms with Crippen molar-refractivity contribution in [2.75, 3.05) is 12.0 Å². The molecule has 0 aliphatic carbocycles. The minimum atomic E-state index is -0.871. The van der Waals surface area contributed by atoms with E-state index in [9.17, 15) is 14.7 Å². The van der Waals surface area contributed by atoms with Crippen molar-refractivity contribution in [2.24, 2.45) is 0 Å². The van der Waals surface area contributed by atoms with E-state index in [2.05, 4.69) is 0 Å². The Bertz CT molecular complexity index is 1360. The summed E-state index contributed by atoms with van der Waals surface area (Å²) in [5.74, 6) is -1.42. The summed E-state index contributed by atoms with van der Waals surface area (Å²) in [6.45, 7) is 5.63. The third-order valence-corrected chi connectivity index (χ3v) is 6.73. The lowest BCUT2D eigenvalue weighted by atomic mass is 9.91. The van der Waals surface area contributed by atoms with E-state index in [0.29, 0.717) is 27.6 Å². The molecule has 3 aromatic rings. The van der Waals surface area contributed by atoms with Gasteiger partial charge in [-0.3, -0.25) is 14.5 Å². The van der Waals surface area contributed by atoms with E-state index in [1.54, 1.807) is 18.2 Å². The summed E-state index contributed by atoms with van der Waals surface area (Å²) >= 11 is 12.3. The fraction of sp³-hybridized carbons (Fsp3) is 0.185. The number of nitrogens with zero attached hydrogens (tertiary/aromatic N) is 1. The third-order valence-electron chi connectivity index (χ3n) is 5.99. The van der Waals surface area contributed by atoms with Crippen LogP contribution in [0.15, 0.2) is 60.2 Å². The van der Waals surface area contributed by atoms with Crippen LogP contribution in [0.5, 0.6) is 5.75 Å². The molecule has 4 rings (SSSR count). The van der Waals surface area contributed by atoms with Gasteiger partial charge in [0.15, 0.2) is 0 Å². The molecule has 5 nitrogen and oxygen atoms in total. The second-order valence-electron chi connectivity index (χ2n) is 8.29. The standard InChI is InChI=1S/C27H23Cl2NO4/c1-14-11-16(3)26(34-4)19(12-14)24(31)22-23(18-8-6-5-7-15(18)2)30(27(33)25(22)32)17-9-10-20(28)21(29)13-17/h5-13,23,31H,1-4H3/b24-22+. The first kappa shape index (κ1) is 23.9. The van der Waals surface area contributed by atoms with Crippen LogP contribution < -0.4 is 9.64 Å². The smallest absolute Gasteiger partial charge is 0.300 e. The normalized spacial score (nSPS) is 17.4. The van der Waals surface area contributed by atoms with Gasteiger partial charge < -0.3 is 9.84 Å². The summed E-state index contributed by atoms with van der Waals surface area (Å²) in [6.07, 6.45) is 0. The fourth-order valence-corrected chi connectivity index (χ4v) is 4.76. The zero-order chi connectivity index (χ0) is 24.7. The molecule has 1 atom stereocenters. The molecule has 1 N–H and O–H groups in total. The van der Waals surface area contributed by atoms with Crippen LogP contribution >= 0.6 is 23.2 Å². The van der Waals surface area contributed by atoms with Crippen LogP contribution in [0.2, 0.25) is 10.0 Å². The second-order valence-corrected chi connectivity index (χ2v) is 9.10. The van der Waals surface area contributed by atoms with Crippen molar-refractivity contribution < 1.29 is 19.4 Å². The molecule has 1 aliphatic rings. The first-order valence-corrected chi connectivity index (χ1v) is 11.4. The number of Topliss-reactive ketones (excluding diaryl/α,β-unsaturated/α-hetero) is 1. The number of ether oxygens (including phenoxy) is 1. The number of carbonyl (C=O) groups is 2. The minimum Gasteiger partial charge on any atom is -0.507 e. The van der Waals surface area contributed by atoms with E-state index in [1.165, 1.54) is 18.1 Å². The summed E-state index contributed by atoms with van der Waals surface area (Å²) in [5, 5.41) is 12.1. The topological polar surface area (TPSA) is 66.8 Å². The summed E-state index contributed by atoms with van der Waals surface area (Å²) in [6, 6.07) is 14.9. The highest BCUT2D eigenvalue weighted by Crippen LogP contribution is 2.45. The third kappa shape index (κ3) is 3.95. The highest BCUT2D eigenvalue weighted by Gasteiger charge is 2.47. The Kier molecular flexibility index (Phi) is 6.43. The van der Waals surface area contributed by atoms with Crippen molar-refractivity contribution in [1.29, 1.82) is 0 Å². The van der Waals surface area contributed by atoms with Crippen molar-refractivity contribution in [3.8, 4) is 5.75 Å². The molecule has 1 heterocycles. The Morgan fingerprint density at radius 1 is 0.941 bits per heavy atom. The van der Waals surface area contributed by atoms with E-state index < -0.39 is 17.7 Å². The van der Waals surface area contributed by atoms with Gasteiger partial charge >= 0.3 is 0 Å². The number of carbonyl (C=O) groups excluding carboxylic acids is 2. The molecule has 0 spiro atoms. The van der Waals surface area contributed by atoms with Gasteiger partial charge in [-0.25, -0.2) is 0 Å². The number of rotatable bonds is 4. The van der Waals surface area contributed by atoms with Crippen molar-refractivity contribution >= 4 is 46.3 Å². The number of anilines is 1. The summed E-state index contributed by atoms with van der Waals surface area (Å²) in [7, 11) is 1.50. The number of hydrogen-bond donors (Lipinski definition) is 1. The van der Waals surface area contributed by atoms with Crippen LogP contribution in [0.25, 0.3) is 5.76 Å². The number of amides is 1. The number of methoxy groups -OCH3 is 1. The molecular weight excluding hydrogens is 473 g/mol. The molecule has 1 amide bonds. The summed E-state index contributed by atoms with van der Waals surface area (Å²) in [5.41, 5.74) is 3.98. The van der Waals surface area contributed by atoms with E-state index in [-0.39, 0.29) is 16.4 Å². The maximum absolute atomic E-state index is 13.4. The van der Waals surface area contributed by atoms with E-state index in [0.717, 1.165) is 16.7 Å². The molecule has 34 heavy (non-hydrogen) atoms. The molecule has 1 saturated heterocycles. The number of aryl methyl sites for hydroxylation is 3. The number of hydrogen-bond acceptors (Lipinski definition) is 4. The monoisotopic (exact) mass is 495 g/mol. The first-order valence-electron chi connectivity index (χ1n) is 10.6. The number of halogens is 2. The largest absolute Gasteiger partial charge is 0.507 e. The van der Waals surface area contributed by atoms with Gasteiger partial charge in [-0.1, -0.05) is 53.5 Å². The van der Waals surface area contributed by atoms with Crippen LogP contribution in [0.4, 0.5) is 5.69 Å². The maximum Gasteiger partial charge on any atom is 0.300 e. The first-order chi connectivity index (χ1) is 16.1. The van der Waals surface area contributed by atoms with Gasteiger partial charge in [0.05, 0.1) is 34.3 Å². The Morgan fingerprint density at radius 3 is 2.29 bits per heavy atom. The highest BCUT2D eigenvalue weighted by atomic mass is 35.5. The van der Waals surface area contributed by atoms with Crippen LogP contribution in [-0.4, -0.2) is 23.9 Å². The van der Waals surface area contributed by atoms with E-state index in [4.69, 9.17) is 27.9 Å². The minimum absolute atomic E-state index is 0.0197. The SMILES string of the molecule is COc1c(C)cc(C)cc1/C(O)=C1\C(=O)C(=O)N(c2ccc(Cl)c(Cl)c2)C1c1ccccc1C. The van der Waals surface area contributed by atoms with Gasteiger partial charge in [-0.05, 0) is 67.3 Å². The van der Waals surface area contributed by atoms with Gasteiger partial charge in [-0.15, -0.1) is 0 Å². The average Bonchev–Trinajstić information content (AvgIpc) is 3.05. The van der Waals surface area contributed by atoms with Gasteiger partial charge in [0.2, 0.25) is 0 Å². The number of benzene rings is 3. The Balaban J connectivity index is 2.04. The average molecular weight is 496 g/mol. The summed E-state index contributed by atoms with van der Waals surface area (Å²) in [4.78, 5) is 28.1. The van der Waals surface area contributed by atoms with Crippen LogP contribution in [0, 0.1) is 20.8 Å². The van der Waals surface area contributed by atoms with Crippen molar-refractivity contribution in [3.05, 3.63) is 98.0 Å². The van der Waals surface area contributed by atoms with Crippen LogP contribution in [-0.2, 0) is 9.59 Å². The molecule has 3 aromatic carbocycles. The molecular formula is C27H23Cl2NO4. The molecule has 0 saturated carbocycles. The molecule has 174 valence electrons. The fourth-order valence-electron chi connectivity index (χ4n) is 4.47. The predicted octanol–water partition coefficient (Wildman–Crippen LogP) is 6.55. The lowest BCUT2D eigenvalue weighted by Crippen LogP contribution is -2.29. The molecule has 0 aromatic heterocycles.